The van der Waals surface area contributed by atoms with Gasteiger partial charge in [-0.25, -0.2) is 0 Å². The van der Waals surface area contributed by atoms with Crippen LogP contribution in [-0.2, 0) is 6.42 Å². The molecule has 0 aliphatic rings. The van der Waals surface area contributed by atoms with Gasteiger partial charge in [-0.3, -0.25) is 4.98 Å². The number of hydrogen-bond donors (Lipinski definition) is 1. The Kier molecular flexibility index (Phi) is 5.23. The summed E-state index contributed by atoms with van der Waals surface area (Å²) < 4.78 is 0.958. The fourth-order valence-electron chi connectivity index (χ4n) is 1.54. The first-order chi connectivity index (χ1) is 8.74. The summed E-state index contributed by atoms with van der Waals surface area (Å²) in [7, 11) is 0. The highest BCUT2D eigenvalue weighted by Gasteiger charge is 2.07. The van der Waals surface area contributed by atoms with E-state index in [0.29, 0.717) is 12.2 Å². The number of hydrogen-bond acceptors (Lipinski definition) is 3. The summed E-state index contributed by atoms with van der Waals surface area (Å²) in [5.74, 6) is 0.682. The standard InChI is InChI=1S/C14H14BrNOS/c15-11-6-7-12(16-9-11)8-13(17)10-18-14-4-2-1-3-5-14/h1-7,9,13,17H,8,10H2. The van der Waals surface area contributed by atoms with Gasteiger partial charge < -0.3 is 5.11 Å². The Morgan fingerprint density at radius 2 is 1.94 bits per heavy atom. The molecule has 0 bridgehead atoms. The molecule has 0 spiro atoms. The van der Waals surface area contributed by atoms with Crippen LogP contribution in [0.3, 0.4) is 0 Å². The van der Waals surface area contributed by atoms with Gasteiger partial charge in [-0.1, -0.05) is 18.2 Å². The third-order valence-electron chi connectivity index (χ3n) is 2.42. The van der Waals surface area contributed by atoms with E-state index in [1.807, 2.05) is 30.3 Å². The molecule has 1 heterocycles. The van der Waals surface area contributed by atoms with Crippen LogP contribution in [0.5, 0.6) is 0 Å². The number of aliphatic hydroxyl groups excluding tert-OH is 1. The molecule has 1 atom stereocenters. The van der Waals surface area contributed by atoms with Crippen molar-refractivity contribution in [1.82, 2.24) is 4.98 Å². The Morgan fingerprint density at radius 3 is 2.61 bits per heavy atom. The van der Waals surface area contributed by atoms with Crippen LogP contribution >= 0.6 is 27.7 Å². The monoisotopic (exact) mass is 323 g/mol. The topological polar surface area (TPSA) is 33.1 Å². The van der Waals surface area contributed by atoms with E-state index < -0.39 is 0 Å². The van der Waals surface area contributed by atoms with Gasteiger partial charge >= 0.3 is 0 Å². The lowest BCUT2D eigenvalue weighted by Crippen LogP contribution is -2.14. The van der Waals surface area contributed by atoms with Gasteiger partial charge in [0.15, 0.2) is 0 Å². The summed E-state index contributed by atoms with van der Waals surface area (Å²) in [6.07, 6.45) is 1.98. The third-order valence-corrected chi connectivity index (χ3v) is 4.05. The fourth-order valence-corrected chi connectivity index (χ4v) is 2.62. The number of pyridine rings is 1. The number of aliphatic hydroxyl groups is 1. The fraction of sp³-hybridized carbons (Fsp3) is 0.214. The van der Waals surface area contributed by atoms with E-state index in [9.17, 15) is 5.11 Å². The van der Waals surface area contributed by atoms with Gasteiger partial charge in [0.05, 0.1) is 6.10 Å². The first-order valence-corrected chi connectivity index (χ1v) is 7.48. The maximum atomic E-state index is 9.96. The van der Waals surface area contributed by atoms with E-state index in [1.54, 1.807) is 18.0 Å². The predicted molar refractivity (Wildman–Crippen MR) is 78.8 cm³/mol. The van der Waals surface area contributed by atoms with Crippen LogP contribution in [0.15, 0.2) is 58.0 Å². The summed E-state index contributed by atoms with van der Waals surface area (Å²) >= 11 is 5.01. The molecule has 2 nitrogen and oxygen atoms in total. The van der Waals surface area contributed by atoms with Crippen molar-refractivity contribution in [3.8, 4) is 0 Å². The van der Waals surface area contributed by atoms with Gasteiger partial charge in [0.25, 0.3) is 0 Å². The van der Waals surface area contributed by atoms with Crippen molar-refractivity contribution in [1.29, 1.82) is 0 Å². The maximum Gasteiger partial charge on any atom is 0.0689 e. The molecular formula is C14H14BrNOS. The largest absolute Gasteiger partial charge is 0.392 e. The lowest BCUT2D eigenvalue weighted by Gasteiger charge is -2.09. The summed E-state index contributed by atoms with van der Waals surface area (Å²) in [5.41, 5.74) is 0.916. The number of thioether (sulfide) groups is 1. The Morgan fingerprint density at radius 1 is 1.17 bits per heavy atom. The lowest BCUT2D eigenvalue weighted by atomic mass is 10.2. The number of nitrogens with zero attached hydrogens (tertiary/aromatic N) is 1. The highest BCUT2D eigenvalue weighted by molar-refractivity contribution is 9.10. The van der Waals surface area contributed by atoms with E-state index >= 15 is 0 Å². The Labute approximate surface area is 120 Å². The molecule has 1 aromatic carbocycles. The minimum Gasteiger partial charge on any atom is -0.392 e. The van der Waals surface area contributed by atoms with Gasteiger partial charge in [-0.15, -0.1) is 11.8 Å². The zero-order valence-electron chi connectivity index (χ0n) is 9.79. The molecule has 4 heteroatoms. The second-order valence-corrected chi connectivity index (χ2v) is 5.96. The summed E-state index contributed by atoms with van der Waals surface area (Å²) in [4.78, 5) is 5.44. The minimum absolute atomic E-state index is 0.371. The average Bonchev–Trinajstić information content (AvgIpc) is 2.40. The smallest absolute Gasteiger partial charge is 0.0689 e. The zero-order valence-corrected chi connectivity index (χ0v) is 12.2. The van der Waals surface area contributed by atoms with E-state index in [2.05, 4.69) is 33.0 Å². The van der Waals surface area contributed by atoms with Gasteiger partial charge in [0.2, 0.25) is 0 Å². The number of benzene rings is 1. The highest BCUT2D eigenvalue weighted by Crippen LogP contribution is 2.19. The Bertz CT molecular complexity index is 475. The van der Waals surface area contributed by atoms with Crippen LogP contribution in [0.25, 0.3) is 0 Å². The van der Waals surface area contributed by atoms with Crippen molar-refractivity contribution >= 4 is 27.7 Å². The van der Waals surface area contributed by atoms with Gasteiger partial charge in [0.1, 0.15) is 0 Å². The summed E-state index contributed by atoms with van der Waals surface area (Å²) in [6.45, 7) is 0. The molecule has 0 saturated heterocycles. The lowest BCUT2D eigenvalue weighted by molar-refractivity contribution is 0.199. The zero-order chi connectivity index (χ0) is 12.8. The van der Waals surface area contributed by atoms with Gasteiger partial charge in [0, 0.05) is 33.4 Å². The molecule has 94 valence electrons. The second kappa shape index (κ2) is 6.92. The van der Waals surface area contributed by atoms with E-state index in [4.69, 9.17) is 0 Å². The molecule has 0 amide bonds. The van der Waals surface area contributed by atoms with Crippen LogP contribution in [-0.4, -0.2) is 21.9 Å². The SMILES string of the molecule is OC(CSc1ccccc1)Cc1ccc(Br)cn1. The summed E-state index contributed by atoms with van der Waals surface area (Å²) in [6, 6.07) is 14.0. The van der Waals surface area contributed by atoms with Crippen LogP contribution in [0, 0.1) is 0 Å². The molecule has 18 heavy (non-hydrogen) atoms. The van der Waals surface area contributed by atoms with E-state index in [-0.39, 0.29) is 6.10 Å². The minimum atomic E-state index is -0.371. The van der Waals surface area contributed by atoms with Crippen molar-refractivity contribution in [3.63, 3.8) is 0 Å². The van der Waals surface area contributed by atoms with Crippen molar-refractivity contribution in [2.75, 3.05) is 5.75 Å². The Hall–Kier alpha value is -0.840. The number of halogens is 1. The maximum absolute atomic E-state index is 9.96. The molecule has 0 radical (unpaired) electrons. The average molecular weight is 324 g/mol. The molecule has 1 unspecified atom stereocenters. The molecule has 0 fully saturated rings. The van der Waals surface area contributed by atoms with E-state index in [0.717, 1.165) is 10.2 Å². The molecular weight excluding hydrogens is 310 g/mol. The molecule has 2 aromatic rings. The molecule has 0 saturated carbocycles. The molecule has 1 N–H and O–H groups in total. The molecule has 0 aliphatic carbocycles. The van der Waals surface area contributed by atoms with Crippen molar-refractivity contribution < 1.29 is 5.11 Å². The first-order valence-electron chi connectivity index (χ1n) is 5.70. The van der Waals surface area contributed by atoms with Crippen molar-refractivity contribution in [3.05, 3.63) is 58.8 Å². The van der Waals surface area contributed by atoms with Gasteiger partial charge in [-0.2, -0.15) is 0 Å². The highest BCUT2D eigenvalue weighted by atomic mass is 79.9. The van der Waals surface area contributed by atoms with Crippen LogP contribution < -0.4 is 0 Å². The van der Waals surface area contributed by atoms with Crippen LogP contribution in [0.4, 0.5) is 0 Å². The van der Waals surface area contributed by atoms with Crippen LogP contribution in [0.2, 0.25) is 0 Å². The van der Waals surface area contributed by atoms with Gasteiger partial charge in [-0.05, 0) is 40.2 Å². The van der Waals surface area contributed by atoms with Crippen molar-refractivity contribution in [2.24, 2.45) is 0 Å². The first kappa shape index (κ1) is 13.6. The normalized spacial score (nSPS) is 12.3. The second-order valence-electron chi connectivity index (χ2n) is 3.95. The van der Waals surface area contributed by atoms with Crippen molar-refractivity contribution in [2.45, 2.75) is 17.4 Å². The predicted octanol–water partition coefficient (Wildman–Crippen LogP) is 3.54. The number of rotatable bonds is 5. The molecule has 1 aromatic heterocycles. The number of aromatic nitrogens is 1. The van der Waals surface area contributed by atoms with E-state index in [1.165, 1.54) is 4.90 Å². The molecule has 2 rings (SSSR count). The molecule has 0 aliphatic heterocycles. The third kappa shape index (κ3) is 4.44. The van der Waals surface area contributed by atoms with Crippen LogP contribution in [0.1, 0.15) is 5.69 Å². The summed E-state index contributed by atoms with van der Waals surface area (Å²) in [5, 5.41) is 9.96. The Balaban J connectivity index is 1.82. The quantitative estimate of drug-likeness (QED) is 0.854.